The molecule has 3 nitrogen and oxygen atoms in total. The highest BCUT2D eigenvalue weighted by molar-refractivity contribution is 5.18. The molecule has 1 atom stereocenters. The van der Waals surface area contributed by atoms with Crippen molar-refractivity contribution in [1.82, 2.24) is 10.2 Å². The molecule has 1 aliphatic rings. The molecule has 1 fully saturated rings. The predicted octanol–water partition coefficient (Wildman–Crippen LogP) is 2.57. The molecule has 1 aliphatic carbocycles. The quantitative estimate of drug-likeness (QED) is 0.689. The molecule has 0 saturated heterocycles. The minimum absolute atomic E-state index is 0.273. The third-order valence-electron chi connectivity index (χ3n) is 4.00. The summed E-state index contributed by atoms with van der Waals surface area (Å²) in [6.45, 7) is 5.43. The van der Waals surface area contributed by atoms with E-state index in [0.29, 0.717) is 6.04 Å². The fourth-order valence-corrected chi connectivity index (χ4v) is 2.73. The van der Waals surface area contributed by atoms with Crippen LogP contribution in [0.1, 0.15) is 44.2 Å². The van der Waals surface area contributed by atoms with Crippen molar-refractivity contribution in [2.75, 3.05) is 26.2 Å². The molecule has 112 valence electrons. The Balaban J connectivity index is 1.89. The first-order valence-electron chi connectivity index (χ1n) is 7.98. The van der Waals surface area contributed by atoms with Gasteiger partial charge in [-0.3, -0.25) is 4.90 Å². The lowest BCUT2D eigenvalue weighted by Crippen LogP contribution is -2.33. The number of nitrogens with zero attached hydrogens (tertiary/aromatic N) is 1. The van der Waals surface area contributed by atoms with Crippen molar-refractivity contribution in [3.63, 3.8) is 0 Å². The van der Waals surface area contributed by atoms with Crippen LogP contribution in [0.4, 0.5) is 0 Å². The molecular formula is C17H28N2O. The van der Waals surface area contributed by atoms with Gasteiger partial charge in [0, 0.05) is 25.2 Å². The molecule has 0 aliphatic heterocycles. The first kappa shape index (κ1) is 15.5. The third kappa shape index (κ3) is 4.89. The van der Waals surface area contributed by atoms with Gasteiger partial charge >= 0.3 is 0 Å². The molecular weight excluding hydrogens is 248 g/mol. The number of hydrogen-bond donors (Lipinski definition) is 2. The van der Waals surface area contributed by atoms with Gasteiger partial charge in [-0.2, -0.15) is 0 Å². The fraction of sp³-hybridized carbons (Fsp3) is 0.647. The number of nitrogens with one attached hydrogen (secondary N) is 1. The van der Waals surface area contributed by atoms with Gasteiger partial charge in [-0.1, -0.05) is 37.3 Å². The van der Waals surface area contributed by atoms with E-state index in [1.54, 1.807) is 0 Å². The minimum atomic E-state index is 0.273. The normalized spacial score (nSPS) is 16.6. The van der Waals surface area contributed by atoms with E-state index >= 15 is 0 Å². The highest BCUT2D eigenvalue weighted by Crippen LogP contribution is 2.27. The molecule has 0 radical (unpaired) electrons. The summed E-state index contributed by atoms with van der Waals surface area (Å²) >= 11 is 0. The second kappa shape index (κ2) is 8.40. The van der Waals surface area contributed by atoms with Gasteiger partial charge in [-0.25, -0.2) is 0 Å². The maximum absolute atomic E-state index is 9.18. The van der Waals surface area contributed by atoms with Crippen LogP contribution >= 0.6 is 0 Å². The summed E-state index contributed by atoms with van der Waals surface area (Å²) in [5.41, 5.74) is 1.38. The molecule has 1 aromatic rings. The van der Waals surface area contributed by atoms with Gasteiger partial charge in [-0.05, 0) is 37.8 Å². The Kier molecular flexibility index (Phi) is 6.51. The fourth-order valence-electron chi connectivity index (χ4n) is 2.73. The van der Waals surface area contributed by atoms with Crippen molar-refractivity contribution < 1.29 is 5.11 Å². The summed E-state index contributed by atoms with van der Waals surface area (Å²) in [6, 6.07) is 11.9. The lowest BCUT2D eigenvalue weighted by molar-refractivity contribution is 0.182. The molecule has 0 bridgehead atoms. The Bertz CT molecular complexity index is 365. The van der Waals surface area contributed by atoms with E-state index in [9.17, 15) is 5.11 Å². The molecule has 2 N–H and O–H groups in total. The van der Waals surface area contributed by atoms with Gasteiger partial charge in [-0.15, -0.1) is 0 Å². The Morgan fingerprint density at radius 1 is 1.25 bits per heavy atom. The van der Waals surface area contributed by atoms with E-state index < -0.39 is 0 Å². The summed E-state index contributed by atoms with van der Waals surface area (Å²) in [5.74, 6) is 0. The molecule has 0 aromatic heterocycles. The smallest absolute Gasteiger partial charge is 0.0558 e. The summed E-state index contributed by atoms with van der Waals surface area (Å²) < 4.78 is 0. The molecule has 2 rings (SSSR count). The van der Waals surface area contributed by atoms with E-state index in [1.165, 1.54) is 18.4 Å². The van der Waals surface area contributed by atoms with Crippen LogP contribution in [-0.4, -0.2) is 42.3 Å². The maximum Gasteiger partial charge on any atom is 0.0558 e. The molecule has 1 saturated carbocycles. The first-order valence-corrected chi connectivity index (χ1v) is 7.98. The van der Waals surface area contributed by atoms with Crippen molar-refractivity contribution in [2.24, 2.45) is 0 Å². The Morgan fingerprint density at radius 2 is 2.00 bits per heavy atom. The Labute approximate surface area is 123 Å². The van der Waals surface area contributed by atoms with E-state index in [2.05, 4.69) is 47.5 Å². The SMILES string of the molecule is CCCNC(CCN(CCO)C1CC1)c1ccccc1. The van der Waals surface area contributed by atoms with Gasteiger partial charge in [0.05, 0.1) is 6.61 Å². The molecule has 0 spiro atoms. The summed E-state index contributed by atoms with van der Waals surface area (Å²) in [5, 5.41) is 12.8. The Hall–Kier alpha value is -0.900. The van der Waals surface area contributed by atoms with Crippen molar-refractivity contribution in [3.8, 4) is 0 Å². The maximum atomic E-state index is 9.18. The van der Waals surface area contributed by atoms with Gasteiger partial charge in [0.25, 0.3) is 0 Å². The van der Waals surface area contributed by atoms with Gasteiger partial charge in [0.2, 0.25) is 0 Å². The summed E-state index contributed by atoms with van der Waals surface area (Å²) in [4.78, 5) is 2.45. The molecule has 1 aromatic carbocycles. The van der Waals surface area contributed by atoms with Crippen LogP contribution in [0.15, 0.2) is 30.3 Å². The van der Waals surface area contributed by atoms with Gasteiger partial charge in [0.1, 0.15) is 0 Å². The van der Waals surface area contributed by atoms with E-state index in [0.717, 1.165) is 38.5 Å². The third-order valence-corrected chi connectivity index (χ3v) is 4.00. The van der Waals surface area contributed by atoms with Crippen molar-refractivity contribution in [2.45, 2.75) is 44.7 Å². The van der Waals surface area contributed by atoms with Crippen molar-refractivity contribution >= 4 is 0 Å². The standard InChI is InChI=1S/C17H28N2O/c1-2-11-18-17(15-6-4-3-5-7-15)10-12-19(13-14-20)16-8-9-16/h3-7,16-18,20H,2,8-14H2,1H3. The highest BCUT2D eigenvalue weighted by Gasteiger charge is 2.28. The van der Waals surface area contributed by atoms with Crippen LogP contribution in [0.25, 0.3) is 0 Å². The zero-order valence-corrected chi connectivity index (χ0v) is 12.6. The number of benzene rings is 1. The van der Waals surface area contributed by atoms with Crippen molar-refractivity contribution in [1.29, 1.82) is 0 Å². The van der Waals surface area contributed by atoms with E-state index in [4.69, 9.17) is 0 Å². The predicted molar refractivity (Wildman–Crippen MR) is 83.8 cm³/mol. The van der Waals surface area contributed by atoms with Crippen LogP contribution in [0.2, 0.25) is 0 Å². The number of hydrogen-bond acceptors (Lipinski definition) is 3. The Morgan fingerprint density at radius 3 is 2.60 bits per heavy atom. The topological polar surface area (TPSA) is 35.5 Å². The number of rotatable bonds is 10. The zero-order chi connectivity index (χ0) is 14.2. The molecule has 0 amide bonds. The van der Waals surface area contributed by atoms with Crippen LogP contribution < -0.4 is 5.32 Å². The van der Waals surface area contributed by atoms with Gasteiger partial charge < -0.3 is 10.4 Å². The number of aliphatic hydroxyl groups excluding tert-OH is 1. The van der Waals surface area contributed by atoms with Crippen molar-refractivity contribution in [3.05, 3.63) is 35.9 Å². The molecule has 1 unspecified atom stereocenters. The minimum Gasteiger partial charge on any atom is -0.395 e. The van der Waals surface area contributed by atoms with Crippen LogP contribution in [0.5, 0.6) is 0 Å². The summed E-state index contributed by atoms with van der Waals surface area (Å²) in [6.07, 6.45) is 4.88. The second-order valence-electron chi connectivity index (χ2n) is 5.70. The average Bonchev–Trinajstić information content (AvgIpc) is 3.31. The largest absolute Gasteiger partial charge is 0.395 e. The van der Waals surface area contributed by atoms with Crippen LogP contribution in [0, 0.1) is 0 Å². The first-order chi connectivity index (χ1) is 9.85. The lowest BCUT2D eigenvalue weighted by Gasteiger charge is -2.25. The summed E-state index contributed by atoms with van der Waals surface area (Å²) in [7, 11) is 0. The molecule has 20 heavy (non-hydrogen) atoms. The molecule has 3 heteroatoms. The second-order valence-corrected chi connectivity index (χ2v) is 5.70. The van der Waals surface area contributed by atoms with Gasteiger partial charge in [0.15, 0.2) is 0 Å². The molecule has 0 heterocycles. The highest BCUT2D eigenvalue weighted by atomic mass is 16.3. The lowest BCUT2D eigenvalue weighted by atomic mass is 10.0. The van der Waals surface area contributed by atoms with Crippen LogP contribution in [-0.2, 0) is 0 Å². The monoisotopic (exact) mass is 276 g/mol. The van der Waals surface area contributed by atoms with E-state index in [-0.39, 0.29) is 6.61 Å². The number of aliphatic hydroxyl groups is 1. The van der Waals surface area contributed by atoms with E-state index in [1.807, 2.05) is 0 Å². The van der Waals surface area contributed by atoms with Crippen LogP contribution in [0.3, 0.4) is 0 Å². The average molecular weight is 276 g/mol. The zero-order valence-electron chi connectivity index (χ0n) is 12.6.